The van der Waals surface area contributed by atoms with Crippen molar-refractivity contribution >= 4 is 29.3 Å². The fraction of sp³-hybridized carbons (Fsp3) is 0.115. The molecule has 7 nitrogen and oxygen atoms in total. The average Bonchev–Trinajstić information content (AvgIpc) is 3.12. The summed E-state index contributed by atoms with van der Waals surface area (Å²) in [6.45, 7) is -0.167. The van der Waals surface area contributed by atoms with Gasteiger partial charge in [0, 0.05) is 18.3 Å². The lowest BCUT2D eigenvalue weighted by atomic mass is 10.0. The predicted octanol–water partition coefficient (Wildman–Crippen LogP) is 3.97. The van der Waals surface area contributed by atoms with Gasteiger partial charge in [-0.15, -0.1) is 0 Å². The molecule has 1 aliphatic heterocycles. The smallest absolute Gasteiger partial charge is 0.276 e. The van der Waals surface area contributed by atoms with Crippen molar-refractivity contribution in [1.82, 2.24) is 5.01 Å². The van der Waals surface area contributed by atoms with Gasteiger partial charge in [-0.05, 0) is 35.9 Å². The second kappa shape index (κ2) is 9.82. The Kier molecular flexibility index (Phi) is 6.50. The lowest BCUT2D eigenvalue weighted by Crippen LogP contribution is -2.20. The molecule has 7 heteroatoms. The fourth-order valence-electron chi connectivity index (χ4n) is 3.39. The summed E-state index contributed by atoms with van der Waals surface area (Å²) >= 11 is 0. The number of nitrogens with zero attached hydrogens (tertiary/aromatic N) is 2. The summed E-state index contributed by atoms with van der Waals surface area (Å²) in [7, 11) is 3.15. The molecular formula is C26H23N3O4. The van der Waals surface area contributed by atoms with Gasteiger partial charge >= 0.3 is 0 Å². The Bertz CT molecular complexity index is 1220. The summed E-state index contributed by atoms with van der Waals surface area (Å²) in [6, 6.07) is 24.0. The minimum Gasteiger partial charge on any atom is -0.493 e. The van der Waals surface area contributed by atoms with Crippen molar-refractivity contribution in [3.8, 4) is 11.5 Å². The maximum atomic E-state index is 12.7. The van der Waals surface area contributed by atoms with Crippen LogP contribution >= 0.6 is 0 Å². The second-order valence-electron chi connectivity index (χ2n) is 7.31. The summed E-state index contributed by atoms with van der Waals surface area (Å²) in [5.74, 6) is 0.409. The molecule has 166 valence electrons. The van der Waals surface area contributed by atoms with E-state index in [4.69, 9.17) is 9.47 Å². The van der Waals surface area contributed by atoms with E-state index in [0.29, 0.717) is 28.5 Å². The largest absolute Gasteiger partial charge is 0.493 e. The number of hydrazone groups is 1. The summed E-state index contributed by atoms with van der Waals surface area (Å²) < 4.78 is 11.1. The molecule has 0 fully saturated rings. The number of ether oxygens (including phenoxy) is 2. The zero-order valence-electron chi connectivity index (χ0n) is 18.3. The minimum absolute atomic E-state index is 0.167. The number of hydrogen-bond donors (Lipinski definition) is 1. The molecule has 0 atom stereocenters. The first kappa shape index (κ1) is 21.8. The van der Waals surface area contributed by atoms with E-state index in [1.54, 1.807) is 43.5 Å². The highest BCUT2D eigenvalue weighted by molar-refractivity contribution is 6.33. The maximum Gasteiger partial charge on any atom is 0.276 e. The number of hydrogen-bond acceptors (Lipinski definition) is 5. The molecule has 1 heterocycles. The molecule has 0 aromatic heterocycles. The van der Waals surface area contributed by atoms with Crippen molar-refractivity contribution in [2.45, 2.75) is 0 Å². The average molecular weight is 441 g/mol. The van der Waals surface area contributed by atoms with Gasteiger partial charge in [-0.25, -0.2) is 5.01 Å². The van der Waals surface area contributed by atoms with E-state index in [1.807, 2.05) is 48.5 Å². The normalized spacial score (nSPS) is 14.2. The monoisotopic (exact) mass is 441 g/mol. The molecule has 0 saturated heterocycles. The number of anilines is 1. The Morgan fingerprint density at radius 1 is 1.00 bits per heavy atom. The van der Waals surface area contributed by atoms with E-state index in [-0.39, 0.29) is 18.4 Å². The Labute approximate surface area is 191 Å². The zero-order chi connectivity index (χ0) is 23.2. The molecule has 3 aromatic carbocycles. The van der Waals surface area contributed by atoms with Crippen LogP contribution in [0.4, 0.5) is 5.69 Å². The van der Waals surface area contributed by atoms with Gasteiger partial charge in [-0.3, -0.25) is 9.59 Å². The molecule has 0 unspecified atom stereocenters. The third-order valence-corrected chi connectivity index (χ3v) is 4.99. The molecule has 0 spiro atoms. The number of carbonyl (C=O) groups is 2. The van der Waals surface area contributed by atoms with Crippen LogP contribution in [0.25, 0.3) is 6.08 Å². The number of amides is 2. The minimum atomic E-state index is -0.280. The Morgan fingerprint density at radius 3 is 2.39 bits per heavy atom. The van der Waals surface area contributed by atoms with E-state index in [0.717, 1.165) is 11.1 Å². The molecule has 1 N–H and O–H groups in total. The van der Waals surface area contributed by atoms with Gasteiger partial charge in [-0.2, -0.15) is 5.10 Å². The van der Waals surface area contributed by atoms with Crippen molar-refractivity contribution in [3.05, 3.63) is 95.6 Å². The van der Waals surface area contributed by atoms with Crippen LogP contribution < -0.4 is 14.8 Å². The summed E-state index contributed by atoms with van der Waals surface area (Å²) in [6.07, 6.45) is 1.77. The number of nitrogens with one attached hydrogen (secondary N) is 1. The molecule has 1 aliphatic rings. The third-order valence-electron chi connectivity index (χ3n) is 4.99. The van der Waals surface area contributed by atoms with Crippen LogP contribution in [0.1, 0.15) is 11.1 Å². The highest BCUT2D eigenvalue weighted by Crippen LogP contribution is 2.30. The molecule has 2 amide bonds. The standard InChI is InChI=1S/C26H23N3O4/c1-29-26(31)21(25(28-29)19-9-5-3-6-10-19)15-18-13-14-22(23(16-18)32-2)33-17-24(30)27-20-11-7-4-8-12-20/h3-16H,17H2,1-2H3,(H,27,30)/b21-15+. The van der Waals surface area contributed by atoms with Crippen LogP contribution in [0, 0.1) is 0 Å². The highest BCUT2D eigenvalue weighted by atomic mass is 16.5. The SMILES string of the molecule is COc1cc(/C=C2/C(=O)N(C)N=C2c2ccccc2)ccc1OCC(=O)Nc1ccccc1. The summed E-state index contributed by atoms with van der Waals surface area (Å²) in [4.78, 5) is 24.9. The van der Waals surface area contributed by atoms with Crippen LogP contribution in [0.5, 0.6) is 11.5 Å². The van der Waals surface area contributed by atoms with Gasteiger partial charge in [0.25, 0.3) is 11.8 Å². The van der Waals surface area contributed by atoms with E-state index < -0.39 is 0 Å². The van der Waals surface area contributed by atoms with Crippen LogP contribution in [-0.2, 0) is 9.59 Å². The molecular weight excluding hydrogens is 418 g/mol. The van der Waals surface area contributed by atoms with Crippen molar-refractivity contribution in [2.75, 3.05) is 26.1 Å². The van der Waals surface area contributed by atoms with Gasteiger partial charge < -0.3 is 14.8 Å². The van der Waals surface area contributed by atoms with E-state index in [9.17, 15) is 9.59 Å². The van der Waals surface area contributed by atoms with Crippen LogP contribution in [0.3, 0.4) is 0 Å². The first-order valence-corrected chi connectivity index (χ1v) is 10.3. The molecule has 33 heavy (non-hydrogen) atoms. The predicted molar refractivity (Wildman–Crippen MR) is 127 cm³/mol. The molecule has 0 aliphatic carbocycles. The van der Waals surface area contributed by atoms with Gasteiger partial charge in [0.2, 0.25) is 0 Å². The lowest BCUT2D eigenvalue weighted by molar-refractivity contribution is -0.124. The Morgan fingerprint density at radius 2 is 1.70 bits per heavy atom. The van der Waals surface area contributed by atoms with Gasteiger partial charge in [-0.1, -0.05) is 54.6 Å². The van der Waals surface area contributed by atoms with E-state index in [2.05, 4.69) is 10.4 Å². The van der Waals surface area contributed by atoms with Crippen molar-refractivity contribution in [2.24, 2.45) is 5.10 Å². The Hall–Kier alpha value is -4.39. The number of methoxy groups -OCH3 is 1. The molecule has 0 saturated carbocycles. The van der Waals surface area contributed by atoms with E-state index >= 15 is 0 Å². The zero-order valence-corrected chi connectivity index (χ0v) is 18.3. The maximum absolute atomic E-state index is 12.7. The summed E-state index contributed by atoms with van der Waals surface area (Å²) in [5, 5.41) is 8.49. The van der Waals surface area contributed by atoms with Crippen molar-refractivity contribution in [3.63, 3.8) is 0 Å². The number of rotatable bonds is 7. The Balaban J connectivity index is 1.51. The van der Waals surface area contributed by atoms with Gasteiger partial charge in [0.1, 0.15) is 5.71 Å². The van der Waals surface area contributed by atoms with Crippen molar-refractivity contribution < 1.29 is 19.1 Å². The van der Waals surface area contributed by atoms with Gasteiger partial charge in [0.15, 0.2) is 18.1 Å². The summed E-state index contributed by atoms with van der Waals surface area (Å²) in [5.41, 5.74) is 3.40. The topological polar surface area (TPSA) is 80.2 Å². The third kappa shape index (κ3) is 5.10. The molecule has 3 aromatic rings. The van der Waals surface area contributed by atoms with Crippen LogP contribution in [0.2, 0.25) is 0 Å². The second-order valence-corrected chi connectivity index (χ2v) is 7.31. The molecule has 4 rings (SSSR count). The molecule has 0 bridgehead atoms. The lowest BCUT2D eigenvalue weighted by Gasteiger charge is -2.12. The van der Waals surface area contributed by atoms with Gasteiger partial charge in [0.05, 0.1) is 12.7 Å². The first-order valence-electron chi connectivity index (χ1n) is 10.3. The number of likely N-dealkylation sites (N-methyl/N-ethyl adjacent to an activating group) is 1. The van der Waals surface area contributed by atoms with Crippen LogP contribution in [0.15, 0.2) is 89.5 Å². The number of benzene rings is 3. The van der Waals surface area contributed by atoms with Crippen molar-refractivity contribution in [1.29, 1.82) is 0 Å². The number of carbonyl (C=O) groups excluding carboxylic acids is 2. The quantitative estimate of drug-likeness (QED) is 0.563. The van der Waals surface area contributed by atoms with E-state index in [1.165, 1.54) is 12.1 Å². The molecule has 0 radical (unpaired) electrons. The van der Waals surface area contributed by atoms with Crippen LogP contribution in [-0.4, -0.2) is 43.3 Å². The highest BCUT2D eigenvalue weighted by Gasteiger charge is 2.28. The number of para-hydroxylation sites is 1. The first-order chi connectivity index (χ1) is 16.0. The fourth-order valence-corrected chi connectivity index (χ4v) is 3.39.